The smallest absolute Gasteiger partial charge is 0.238 e. The van der Waals surface area contributed by atoms with Crippen molar-refractivity contribution in [3.8, 4) is 0 Å². The zero-order valence-corrected chi connectivity index (χ0v) is 13.3. The molecule has 0 aliphatic carbocycles. The van der Waals surface area contributed by atoms with Crippen LogP contribution in [0.2, 0.25) is 0 Å². The van der Waals surface area contributed by atoms with Crippen molar-refractivity contribution in [1.29, 1.82) is 0 Å². The maximum atomic E-state index is 11.2. The van der Waals surface area contributed by atoms with E-state index in [9.17, 15) is 8.42 Å². The predicted octanol–water partition coefficient (Wildman–Crippen LogP) is 1.80. The van der Waals surface area contributed by atoms with Crippen LogP contribution in [0.5, 0.6) is 0 Å². The second kappa shape index (κ2) is 6.67. The van der Waals surface area contributed by atoms with Gasteiger partial charge in [0, 0.05) is 19.2 Å². The van der Waals surface area contributed by atoms with Crippen LogP contribution in [0, 0.1) is 0 Å². The van der Waals surface area contributed by atoms with E-state index >= 15 is 0 Å². The van der Waals surface area contributed by atoms with Crippen LogP contribution in [0.1, 0.15) is 39.3 Å². The number of ether oxygens (including phenoxy) is 1. The van der Waals surface area contributed by atoms with E-state index in [1.807, 2.05) is 27.7 Å². The fraction of sp³-hybridized carbons (Fsp3) is 0.571. The summed E-state index contributed by atoms with van der Waals surface area (Å²) in [5.41, 5.74) is 0.772. The predicted molar refractivity (Wildman–Crippen MR) is 79.9 cm³/mol. The van der Waals surface area contributed by atoms with Crippen molar-refractivity contribution in [2.24, 2.45) is 5.14 Å². The molecule has 114 valence electrons. The number of nitrogens with two attached hydrogens (primary N) is 1. The summed E-state index contributed by atoms with van der Waals surface area (Å²) < 4.78 is 28.0. The molecule has 6 heteroatoms. The normalized spacial score (nSPS) is 14.2. The Morgan fingerprint density at radius 3 is 2.30 bits per heavy atom. The summed E-state index contributed by atoms with van der Waals surface area (Å²) in [5.74, 6) is 0. The Labute approximate surface area is 121 Å². The number of primary sulfonamides is 1. The van der Waals surface area contributed by atoms with Gasteiger partial charge in [-0.15, -0.1) is 0 Å². The summed E-state index contributed by atoms with van der Waals surface area (Å²) in [7, 11) is -3.63. The molecule has 0 saturated carbocycles. The largest absolute Gasteiger partial charge is 0.375 e. The third kappa shape index (κ3) is 5.20. The van der Waals surface area contributed by atoms with Crippen LogP contribution in [-0.4, -0.2) is 27.2 Å². The second-order valence-electron chi connectivity index (χ2n) is 5.41. The van der Waals surface area contributed by atoms with Gasteiger partial charge in [-0.2, -0.15) is 0 Å². The molecule has 3 N–H and O–H groups in total. The summed E-state index contributed by atoms with van der Waals surface area (Å²) in [6.07, 6.45) is 0. The maximum absolute atomic E-state index is 11.2. The van der Waals surface area contributed by atoms with Gasteiger partial charge in [0.25, 0.3) is 0 Å². The molecule has 0 radical (unpaired) electrons. The highest BCUT2D eigenvalue weighted by molar-refractivity contribution is 7.89. The molecule has 0 aromatic heterocycles. The van der Waals surface area contributed by atoms with Crippen LogP contribution in [-0.2, 0) is 14.8 Å². The topological polar surface area (TPSA) is 81.4 Å². The fourth-order valence-electron chi connectivity index (χ4n) is 1.90. The molecular formula is C14H24N2O3S. The van der Waals surface area contributed by atoms with Crippen LogP contribution >= 0.6 is 0 Å². The summed E-state index contributed by atoms with van der Waals surface area (Å²) in [6, 6.07) is 6.69. The molecular weight excluding hydrogens is 276 g/mol. The molecule has 1 unspecified atom stereocenters. The zero-order valence-electron chi connectivity index (χ0n) is 12.5. The Hall–Kier alpha value is -0.950. The zero-order chi connectivity index (χ0) is 15.4. The van der Waals surface area contributed by atoms with E-state index in [2.05, 4.69) is 5.32 Å². The average Bonchev–Trinajstić information content (AvgIpc) is 2.35. The first-order valence-corrected chi connectivity index (χ1v) is 8.20. The monoisotopic (exact) mass is 300 g/mol. The number of hydrogen-bond acceptors (Lipinski definition) is 4. The van der Waals surface area contributed by atoms with Crippen LogP contribution in [0.25, 0.3) is 0 Å². The lowest BCUT2D eigenvalue weighted by atomic mass is 10.1. The standard InChI is InChI=1S/C14H24N2O3S/c1-5-19-14(3,4)10-16-11(2)12-6-8-13(9-7-12)20(15,17)18/h6-9,11,16H,5,10H2,1-4H3,(H2,15,17,18). The van der Waals surface area contributed by atoms with Crippen molar-refractivity contribution in [3.63, 3.8) is 0 Å². The lowest BCUT2D eigenvalue weighted by molar-refractivity contribution is -0.0103. The highest BCUT2D eigenvalue weighted by Gasteiger charge is 2.18. The van der Waals surface area contributed by atoms with Gasteiger partial charge < -0.3 is 10.1 Å². The summed E-state index contributed by atoms with van der Waals surface area (Å²) in [6.45, 7) is 9.43. The van der Waals surface area contributed by atoms with Gasteiger partial charge in [-0.1, -0.05) is 12.1 Å². The van der Waals surface area contributed by atoms with E-state index in [-0.39, 0.29) is 16.5 Å². The van der Waals surface area contributed by atoms with Gasteiger partial charge in [-0.05, 0) is 45.4 Å². The molecule has 0 saturated heterocycles. The maximum Gasteiger partial charge on any atom is 0.238 e. The van der Waals surface area contributed by atoms with E-state index in [0.717, 1.165) is 5.56 Å². The van der Waals surface area contributed by atoms with Crippen LogP contribution in [0.4, 0.5) is 0 Å². The quantitative estimate of drug-likeness (QED) is 0.804. The van der Waals surface area contributed by atoms with Gasteiger partial charge in [0.1, 0.15) is 0 Å². The molecule has 1 aromatic rings. The summed E-state index contributed by atoms with van der Waals surface area (Å²) in [4.78, 5) is 0.128. The first-order chi connectivity index (χ1) is 9.15. The highest BCUT2D eigenvalue weighted by Crippen LogP contribution is 2.17. The van der Waals surface area contributed by atoms with Crippen molar-refractivity contribution in [2.45, 2.75) is 44.2 Å². The molecule has 5 nitrogen and oxygen atoms in total. The number of rotatable bonds is 7. The van der Waals surface area contributed by atoms with Crippen molar-refractivity contribution in [2.75, 3.05) is 13.2 Å². The summed E-state index contributed by atoms with van der Waals surface area (Å²) in [5, 5.41) is 8.45. The molecule has 0 heterocycles. The Kier molecular flexibility index (Phi) is 5.70. The number of sulfonamides is 1. The first kappa shape index (κ1) is 17.1. The number of benzene rings is 1. The highest BCUT2D eigenvalue weighted by atomic mass is 32.2. The van der Waals surface area contributed by atoms with Crippen molar-refractivity contribution < 1.29 is 13.2 Å². The molecule has 0 aliphatic heterocycles. The van der Waals surface area contributed by atoms with Crippen LogP contribution in [0.3, 0.4) is 0 Å². The van der Waals surface area contributed by atoms with E-state index in [0.29, 0.717) is 13.2 Å². The minimum atomic E-state index is -3.63. The lowest BCUT2D eigenvalue weighted by Crippen LogP contribution is -2.38. The molecule has 0 fully saturated rings. The SMILES string of the molecule is CCOC(C)(C)CNC(C)c1ccc(S(N)(=O)=O)cc1. The minimum Gasteiger partial charge on any atom is -0.375 e. The fourth-order valence-corrected chi connectivity index (χ4v) is 2.42. The van der Waals surface area contributed by atoms with Gasteiger partial charge in [0.2, 0.25) is 10.0 Å². The van der Waals surface area contributed by atoms with Gasteiger partial charge in [-0.3, -0.25) is 0 Å². The Bertz CT molecular complexity index is 524. The average molecular weight is 300 g/mol. The Balaban J connectivity index is 2.67. The molecule has 1 atom stereocenters. The van der Waals surface area contributed by atoms with Crippen LogP contribution < -0.4 is 10.5 Å². The van der Waals surface area contributed by atoms with E-state index < -0.39 is 10.0 Å². The Morgan fingerprint density at radius 1 is 1.30 bits per heavy atom. The third-order valence-electron chi connectivity index (χ3n) is 3.08. The molecule has 0 spiro atoms. The van der Waals surface area contributed by atoms with E-state index in [1.165, 1.54) is 12.1 Å². The molecule has 0 bridgehead atoms. The van der Waals surface area contributed by atoms with Gasteiger partial charge >= 0.3 is 0 Å². The number of nitrogens with one attached hydrogen (secondary N) is 1. The number of hydrogen-bond donors (Lipinski definition) is 2. The van der Waals surface area contributed by atoms with Crippen molar-refractivity contribution in [3.05, 3.63) is 29.8 Å². The second-order valence-corrected chi connectivity index (χ2v) is 6.97. The van der Waals surface area contributed by atoms with Gasteiger partial charge in [0.15, 0.2) is 0 Å². The van der Waals surface area contributed by atoms with Crippen molar-refractivity contribution in [1.82, 2.24) is 5.32 Å². The first-order valence-electron chi connectivity index (χ1n) is 6.66. The van der Waals surface area contributed by atoms with Crippen LogP contribution in [0.15, 0.2) is 29.2 Å². The van der Waals surface area contributed by atoms with Gasteiger partial charge in [0.05, 0.1) is 10.5 Å². The minimum absolute atomic E-state index is 0.101. The molecule has 1 rings (SSSR count). The summed E-state index contributed by atoms with van der Waals surface area (Å²) >= 11 is 0. The molecule has 0 aliphatic rings. The van der Waals surface area contributed by atoms with E-state index in [1.54, 1.807) is 12.1 Å². The van der Waals surface area contributed by atoms with E-state index in [4.69, 9.17) is 9.88 Å². The molecule has 0 amide bonds. The lowest BCUT2D eigenvalue weighted by Gasteiger charge is -2.27. The van der Waals surface area contributed by atoms with Crippen molar-refractivity contribution >= 4 is 10.0 Å². The van der Waals surface area contributed by atoms with Gasteiger partial charge in [-0.25, -0.2) is 13.6 Å². The Morgan fingerprint density at radius 2 is 1.85 bits per heavy atom. The molecule has 20 heavy (non-hydrogen) atoms. The third-order valence-corrected chi connectivity index (χ3v) is 4.01. The molecule has 1 aromatic carbocycles.